The van der Waals surface area contributed by atoms with E-state index < -0.39 is 0 Å². The number of H-pyrrole nitrogens is 1. The molecule has 0 bridgehead atoms. The molecule has 1 aromatic carbocycles. The zero-order valence-corrected chi connectivity index (χ0v) is 12.0. The fraction of sp³-hybridized carbons (Fsp3) is 0.500. The Morgan fingerprint density at radius 1 is 1.26 bits per heavy atom. The van der Waals surface area contributed by atoms with E-state index in [4.69, 9.17) is 0 Å². The summed E-state index contributed by atoms with van der Waals surface area (Å²) in [5.41, 5.74) is 2.88. The van der Waals surface area contributed by atoms with Crippen LogP contribution in [0, 0.1) is 6.92 Å². The van der Waals surface area contributed by atoms with Gasteiger partial charge in [-0.3, -0.25) is 4.90 Å². The van der Waals surface area contributed by atoms with Crippen LogP contribution in [0.15, 0.2) is 12.1 Å². The van der Waals surface area contributed by atoms with Crippen molar-refractivity contribution in [2.75, 3.05) is 13.1 Å². The number of imidazole rings is 1. The summed E-state index contributed by atoms with van der Waals surface area (Å²) in [4.78, 5) is 10.1. The number of phenols is 1. The average Bonchev–Trinajstić information content (AvgIpc) is 2.75. The van der Waals surface area contributed by atoms with Crippen LogP contribution in [0.3, 0.4) is 0 Å². The van der Waals surface area contributed by atoms with Gasteiger partial charge in [0.05, 0.1) is 11.0 Å². The van der Waals surface area contributed by atoms with Crippen molar-refractivity contribution in [3.63, 3.8) is 0 Å². The maximum absolute atomic E-state index is 10.1. The number of fused-ring (bicyclic) bond motifs is 1. The number of nitrogens with zero attached hydrogens (tertiary/aromatic N) is 2. The zero-order valence-electron chi connectivity index (χ0n) is 11.1. The molecule has 0 radical (unpaired) electrons. The molecule has 0 saturated carbocycles. The standard InChI is InChI=1S/C14H19N3O.ClH/c1-10-15-12-5-6-13(18)11(14(12)16-10)9-17-7-3-2-4-8-17;/h5-6,18H,2-4,7-9H2,1H3,(H,15,16);1H. The van der Waals surface area contributed by atoms with Gasteiger partial charge in [0.15, 0.2) is 0 Å². The molecule has 0 atom stereocenters. The second-order valence-electron chi connectivity index (χ2n) is 5.12. The zero-order chi connectivity index (χ0) is 12.5. The van der Waals surface area contributed by atoms with Gasteiger partial charge in [-0.2, -0.15) is 0 Å². The third-order valence-electron chi connectivity index (χ3n) is 3.68. The molecule has 19 heavy (non-hydrogen) atoms. The van der Waals surface area contributed by atoms with Gasteiger partial charge in [-0.25, -0.2) is 4.98 Å². The van der Waals surface area contributed by atoms with E-state index in [0.717, 1.165) is 42.1 Å². The predicted molar refractivity (Wildman–Crippen MR) is 78.9 cm³/mol. The van der Waals surface area contributed by atoms with E-state index in [1.165, 1.54) is 19.3 Å². The van der Waals surface area contributed by atoms with E-state index in [-0.39, 0.29) is 12.4 Å². The van der Waals surface area contributed by atoms with Gasteiger partial charge >= 0.3 is 0 Å². The van der Waals surface area contributed by atoms with E-state index in [9.17, 15) is 5.11 Å². The number of rotatable bonds is 2. The minimum Gasteiger partial charge on any atom is -0.508 e. The number of aromatic hydroxyl groups is 1. The molecule has 4 nitrogen and oxygen atoms in total. The predicted octanol–water partition coefficient (Wildman–Crippen LogP) is 2.98. The Balaban J connectivity index is 0.00000133. The van der Waals surface area contributed by atoms with Crippen LogP contribution < -0.4 is 0 Å². The van der Waals surface area contributed by atoms with Crippen molar-refractivity contribution in [1.29, 1.82) is 0 Å². The molecule has 0 spiro atoms. The minimum atomic E-state index is 0. The smallest absolute Gasteiger partial charge is 0.122 e. The molecule has 0 aliphatic carbocycles. The summed E-state index contributed by atoms with van der Waals surface area (Å²) in [7, 11) is 0. The van der Waals surface area contributed by atoms with Gasteiger partial charge in [-0.1, -0.05) is 6.42 Å². The van der Waals surface area contributed by atoms with Gasteiger partial charge in [-0.15, -0.1) is 12.4 Å². The molecule has 1 saturated heterocycles. The summed E-state index contributed by atoms with van der Waals surface area (Å²) < 4.78 is 0. The summed E-state index contributed by atoms with van der Waals surface area (Å²) >= 11 is 0. The third-order valence-corrected chi connectivity index (χ3v) is 3.68. The van der Waals surface area contributed by atoms with Crippen molar-refractivity contribution < 1.29 is 5.11 Å². The van der Waals surface area contributed by atoms with Gasteiger partial charge < -0.3 is 10.1 Å². The summed E-state index contributed by atoms with van der Waals surface area (Å²) in [6, 6.07) is 3.66. The number of aromatic amines is 1. The fourth-order valence-electron chi connectivity index (χ4n) is 2.74. The number of hydrogen-bond donors (Lipinski definition) is 2. The SMILES string of the molecule is Cc1nc2c(CN3CCCCC3)c(O)ccc2[nH]1.Cl. The lowest BCUT2D eigenvalue weighted by Gasteiger charge is -2.26. The molecular formula is C14H20ClN3O. The lowest BCUT2D eigenvalue weighted by molar-refractivity contribution is 0.219. The Labute approximate surface area is 119 Å². The van der Waals surface area contributed by atoms with Crippen LogP contribution in [0.25, 0.3) is 11.0 Å². The van der Waals surface area contributed by atoms with Crippen LogP contribution in [-0.2, 0) is 6.54 Å². The normalized spacial score (nSPS) is 16.5. The number of nitrogens with one attached hydrogen (secondary N) is 1. The van der Waals surface area contributed by atoms with E-state index in [2.05, 4.69) is 14.9 Å². The maximum Gasteiger partial charge on any atom is 0.122 e. The van der Waals surface area contributed by atoms with Gasteiger partial charge in [0.2, 0.25) is 0 Å². The maximum atomic E-state index is 10.1. The summed E-state index contributed by atoms with van der Waals surface area (Å²) in [5, 5.41) is 10.1. The molecule has 2 N–H and O–H groups in total. The first-order valence-corrected chi connectivity index (χ1v) is 6.63. The van der Waals surface area contributed by atoms with Crippen molar-refractivity contribution in [2.45, 2.75) is 32.7 Å². The highest BCUT2D eigenvalue weighted by Crippen LogP contribution is 2.27. The Morgan fingerprint density at radius 2 is 2.00 bits per heavy atom. The molecule has 0 unspecified atom stereocenters. The van der Waals surface area contributed by atoms with E-state index in [1.807, 2.05) is 13.0 Å². The number of aryl methyl sites for hydroxylation is 1. The van der Waals surface area contributed by atoms with Crippen LogP contribution in [0.1, 0.15) is 30.7 Å². The highest BCUT2D eigenvalue weighted by atomic mass is 35.5. The number of phenolic OH excluding ortho intramolecular Hbond substituents is 1. The van der Waals surface area contributed by atoms with Crippen LogP contribution in [0.2, 0.25) is 0 Å². The number of likely N-dealkylation sites (tertiary alicyclic amines) is 1. The minimum absolute atomic E-state index is 0. The molecule has 2 aromatic rings. The first-order chi connectivity index (χ1) is 8.74. The molecule has 1 aliphatic rings. The first-order valence-electron chi connectivity index (χ1n) is 6.63. The first kappa shape index (κ1) is 14.2. The van der Waals surface area contributed by atoms with Crippen LogP contribution in [-0.4, -0.2) is 33.1 Å². The second-order valence-corrected chi connectivity index (χ2v) is 5.12. The van der Waals surface area contributed by atoms with E-state index in [1.54, 1.807) is 6.07 Å². The molecule has 1 aliphatic heterocycles. The number of piperidine rings is 1. The topological polar surface area (TPSA) is 52.1 Å². The van der Waals surface area contributed by atoms with Crippen LogP contribution in [0.4, 0.5) is 0 Å². The van der Waals surface area contributed by atoms with Crippen molar-refractivity contribution in [3.05, 3.63) is 23.5 Å². The van der Waals surface area contributed by atoms with Gasteiger partial charge in [0.25, 0.3) is 0 Å². The Hall–Kier alpha value is -1.26. The Kier molecular flexibility index (Phi) is 4.32. The summed E-state index contributed by atoms with van der Waals surface area (Å²) in [6.45, 7) is 4.99. The van der Waals surface area contributed by atoms with E-state index >= 15 is 0 Å². The van der Waals surface area contributed by atoms with E-state index in [0.29, 0.717) is 5.75 Å². The molecule has 104 valence electrons. The van der Waals surface area contributed by atoms with Crippen molar-refractivity contribution in [2.24, 2.45) is 0 Å². The third kappa shape index (κ3) is 2.85. The lowest BCUT2D eigenvalue weighted by atomic mass is 10.1. The molecule has 2 heterocycles. The van der Waals surface area contributed by atoms with Gasteiger partial charge in [0.1, 0.15) is 11.6 Å². The van der Waals surface area contributed by atoms with Gasteiger partial charge in [-0.05, 0) is 45.0 Å². The Bertz CT molecular complexity index is 561. The lowest BCUT2D eigenvalue weighted by Crippen LogP contribution is -2.29. The molecule has 1 fully saturated rings. The number of aromatic nitrogens is 2. The number of halogens is 1. The van der Waals surface area contributed by atoms with Gasteiger partial charge in [0, 0.05) is 12.1 Å². The highest BCUT2D eigenvalue weighted by Gasteiger charge is 2.16. The summed E-state index contributed by atoms with van der Waals surface area (Å²) in [5.74, 6) is 1.26. The Morgan fingerprint density at radius 3 is 2.74 bits per heavy atom. The number of benzene rings is 1. The van der Waals surface area contributed by atoms with Crippen molar-refractivity contribution >= 4 is 23.4 Å². The quantitative estimate of drug-likeness (QED) is 0.890. The monoisotopic (exact) mass is 281 g/mol. The fourth-order valence-corrected chi connectivity index (χ4v) is 2.74. The largest absolute Gasteiger partial charge is 0.508 e. The molecule has 3 rings (SSSR count). The van der Waals surface area contributed by atoms with Crippen molar-refractivity contribution in [1.82, 2.24) is 14.9 Å². The molecule has 1 aromatic heterocycles. The summed E-state index contributed by atoms with van der Waals surface area (Å²) in [6.07, 6.45) is 3.85. The average molecular weight is 282 g/mol. The molecule has 5 heteroatoms. The van der Waals surface area contributed by atoms with Crippen LogP contribution >= 0.6 is 12.4 Å². The second kappa shape index (κ2) is 5.80. The molecule has 0 amide bonds. The number of hydrogen-bond acceptors (Lipinski definition) is 3. The molecular weight excluding hydrogens is 262 g/mol. The van der Waals surface area contributed by atoms with Crippen LogP contribution in [0.5, 0.6) is 5.75 Å². The van der Waals surface area contributed by atoms with Crippen molar-refractivity contribution in [3.8, 4) is 5.75 Å². The highest BCUT2D eigenvalue weighted by molar-refractivity contribution is 5.85.